The summed E-state index contributed by atoms with van der Waals surface area (Å²) in [5.74, 6) is -1.33. The van der Waals surface area contributed by atoms with Crippen LogP contribution in [0.25, 0.3) is 11.1 Å². The fourth-order valence-electron chi connectivity index (χ4n) is 5.41. The van der Waals surface area contributed by atoms with Crippen LogP contribution in [-0.4, -0.2) is 31.3 Å². The molecule has 1 heterocycles. The summed E-state index contributed by atoms with van der Waals surface area (Å²) in [6.45, 7) is 4.91. The Hall–Kier alpha value is -3.61. The van der Waals surface area contributed by atoms with E-state index in [9.17, 15) is 24.6 Å². The molecule has 1 aromatic heterocycles. The molecule has 2 N–H and O–H groups in total. The van der Waals surface area contributed by atoms with Gasteiger partial charge in [0.2, 0.25) is 0 Å². The molecular formula is C30H36N2O5. The predicted molar refractivity (Wildman–Crippen MR) is 143 cm³/mol. The average Bonchev–Trinajstić information content (AvgIpc) is 3.14. The third-order valence-electron chi connectivity index (χ3n) is 7.42. The van der Waals surface area contributed by atoms with Gasteiger partial charge in [-0.15, -0.1) is 0 Å². The van der Waals surface area contributed by atoms with Gasteiger partial charge in [0.25, 0.3) is 0 Å². The van der Waals surface area contributed by atoms with Gasteiger partial charge >= 0.3 is 17.6 Å². The molecule has 196 valence electrons. The van der Waals surface area contributed by atoms with Crippen LogP contribution in [0.15, 0.2) is 53.3 Å². The van der Waals surface area contributed by atoms with Crippen molar-refractivity contribution in [2.24, 2.45) is 11.8 Å². The number of benzene rings is 2. The smallest absolute Gasteiger partial charge is 0.354 e. The molecule has 1 aliphatic rings. The van der Waals surface area contributed by atoms with E-state index in [1.165, 1.54) is 11.0 Å². The fourth-order valence-corrected chi connectivity index (χ4v) is 5.41. The minimum absolute atomic E-state index is 0.128. The van der Waals surface area contributed by atoms with Crippen LogP contribution in [0.4, 0.5) is 0 Å². The zero-order valence-corrected chi connectivity index (χ0v) is 21.7. The molecule has 1 saturated carbocycles. The van der Waals surface area contributed by atoms with Crippen molar-refractivity contribution in [1.29, 1.82) is 0 Å². The molecular weight excluding hydrogens is 468 g/mol. The minimum Gasteiger partial charge on any atom is -0.478 e. The number of imidazole rings is 1. The SMILES string of the molecule is CC(C)CCc1c(C(=O)O)n(CC2CCCCC2)c(=O)n1Cc1ccc(-c2ccccc2C(=O)O)cc1. The number of carbonyl (C=O) groups is 2. The minimum atomic E-state index is -1.05. The maximum Gasteiger partial charge on any atom is 0.354 e. The molecule has 0 radical (unpaired) electrons. The molecule has 0 spiro atoms. The van der Waals surface area contributed by atoms with Crippen molar-refractivity contribution < 1.29 is 19.8 Å². The molecule has 7 heteroatoms. The van der Waals surface area contributed by atoms with Gasteiger partial charge in [-0.1, -0.05) is 75.6 Å². The molecule has 7 nitrogen and oxygen atoms in total. The number of hydrogen-bond acceptors (Lipinski definition) is 3. The number of carboxylic acid groups (broad SMARTS) is 2. The highest BCUT2D eigenvalue weighted by Gasteiger charge is 2.27. The van der Waals surface area contributed by atoms with Crippen LogP contribution < -0.4 is 5.69 Å². The molecule has 2 aromatic carbocycles. The Labute approximate surface area is 217 Å². The largest absolute Gasteiger partial charge is 0.478 e. The van der Waals surface area contributed by atoms with E-state index in [1.807, 2.05) is 24.3 Å². The van der Waals surface area contributed by atoms with E-state index in [4.69, 9.17) is 0 Å². The van der Waals surface area contributed by atoms with Gasteiger partial charge in [-0.25, -0.2) is 14.4 Å². The van der Waals surface area contributed by atoms with E-state index < -0.39 is 11.9 Å². The van der Waals surface area contributed by atoms with Gasteiger partial charge in [-0.3, -0.25) is 9.13 Å². The second kappa shape index (κ2) is 11.6. The lowest BCUT2D eigenvalue weighted by Crippen LogP contribution is -2.29. The maximum absolute atomic E-state index is 13.6. The number of hydrogen-bond donors (Lipinski definition) is 2. The topological polar surface area (TPSA) is 102 Å². The molecule has 0 amide bonds. The zero-order chi connectivity index (χ0) is 26.5. The normalized spacial score (nSPS) is 14.2. The summed E-state index contributed by atoms with van der Waals surface area (Å²) in [5.41, 5.74) is 2.94. The second-order valence-electron chi connectivity index (χ2n) is 10.6. The first-order chi connectivity index (χ1) is 17.8. The molecule has 0 saturated heterocycles. The molecule has 0 atom stereocenters. The first-order valence-electron chi connectivity index (χ1n) is 13.2. The summed E-state index contributed by atoms with van der Waals surface area (Å²) in [6, 6.07) is 14.3. The van der Waals surface area contributed by atoms with Gasteiger partial charge < -0.3 is 10.2 Å². The number of aromatic carboxylic acids is 2. The quantitative estimate of drug-likeness (QED) is 0.356. The van der Waals surface area contributed by atoms with E-state index in [-0.39, 0.29) is 23.5 Å². The van der Waals surface area contributed by atoms with Crippen molar-refractivity contribution in [3.8, 4) is 11.1 Å². The summed E-state index contributed by atoms with van der Waals surface area (Å²) in [5, 5.41) is 19.7. The standard InChI is InChI=1S/C30H36N2O5/c1-20(2)12-17-26-27(29(35)36)32(19-21-8-4-3-5-9-21)30(37)31(26)18-22-13-15-23(16-14-22)24-10-6-7-11-25(24)28(33)34/h6-7,10-11,13-16,20-21H,3-5,8-9,12,17-19H2,1-2H3,(H,33,34)(H,35,36). The Morgan fingerprint density at radius 1 is 0.919 bits per heavy atom. The van der Waals surface area contributed by atoms with E-state index in [0.717, 1.165) is 43.2 Å². The van der Waals surface area contributed by atoms with Gasteiger partial charge in [-0.2, -0.15) is 0 Å². The Bertz CT molecular complexity index is 1310. The van der Waals surface area contributed by atoms with Crippen molar-refractivity contribution >= 4 is 11.9 Å². The van der Waals surface area contributed by atoms with Crippen LogP contribution in [-0.2, 0) is 19.5 Å². The van der Waals surface area contributed by atoms with Crippen LogP contribution >= 0.6 is 0 Å². The van der Waals surface area contributed by atoms with Crippen molar-refractivity contribution in [2.45, 2.75) is 71.9 Å². The highest BCUT2D eigenvalue weighted by Crippen LogP contribution is 2.27. The highest BCUT2D eigenvalue weighted by atomic mass is 16.4. The first kappa shape index (κ1) is 26.5. The summed E-state index contributed by atoms with van der Waals surface area (Å²) in [7, 11) is 0. The van der Waals surface area contributed by atoms with Crippen molar-refractivity contribution in [1.82, 2.24) is 9.13 Å². The maximum atomic E-state index is 13.6. The van der Waals surface area contributed by atoms with E-state index in [2.05, 4.69) is 13.8 Å². The van der Waals surface area contributed by atoms with Crippen LogP contribution in [0.2, 0.25) is 0 Å². The van der Waals surface area contributed by atoms with Gasteiger partial charge in [0.05, 0.1) is 17.8 Å². The fraction of sp³-hybridized carbons (Fsp3) is 0.433. The van der Waals surface area contributed by atoms with Crippen LogP contribution in [0.3, 0.4) is 0 Å². The van der Waals surface area contributed by atoms with Crippen molar-refractivity contribution in [3.05, 3.63) is 81.5 Å². The van der Waals surface area contributed by atoms with Crippen LogP contribution in [0.1, 0.15) is 84.5 Å². The lowest BCUT2D eigenvalue weighted by Gasteiger charge is -2.22. The molecule has 3 aromatic rings. The van der Waals surface area contributed by atoms with Gasteiger partial charge in [0, 0.05) is 6.54 Å². The Morgan fingerprint density at radius 2 is 1.59 bits per heavy atom. The van der Waals surface area contributed by atoms with Crippen molar-refractivity contribution in [2.75, 3.05) is 0 Å². The Morgan fingerprint density at radius 3 is 2.22 bits per heavy atom. The van der Waals surface area contributed by atoms with Crippen molar-refractivity contribution in [3.63, 3.8) is 0 Å². The molecule has 4 rings (SSSR count). The van der Waals surface area contributed by atoms with E-state index in [1.54, 1.807) is 28.8 Å². The molecule has 1 aliphatic carbocycles. The van der Waals surface area contributed by atoms with Crippen LogP contribution in [0, 0.1) is 11.8 Å². The Balaban J connectivity index is 1.70. The van der Waals surface area contributed by atoms with E-state index >= 15 is 0 Å². The Kier molecular flexibility index (Phi) is 8.31. The number of aromatic nitrogens is 2. The number of rotatable bonds is 10. The lowest BCUT2D eigenvalue weighted by atomic mass is 9.89. The predicted octanol–water partition coefficient (Wildman–Crippen LogP) is 5.93. The average molecular weight is 505 g/mol. The first-order valence-corrected chi connectivity index (χ1v) is 13.2. The number of nitrogens with zero attached hydrogens (tertiary/aromatic N) is 2. The van der Waals surface area contributed by atoms with E-state index in [0.29, 0.717) is 36.1 Å². The zero-order valence-electron chi connectivity index (χ0n) is 21.7. The molecule has 37 heavy (non-hydrogen) atoms. The van der Waals surface area contributed by atoms with Gasteiger partial charge in [0.15, 0.2) is 5.69 Å². The van der Waals surface area contributed by atoms with Crippen LogP contribution in [0.5, 0.6) is 0 Å². The molecule has 0 unspecified atom stereocenters. The number of carboxylic acids is 2. The summed E-state index contributed by atoms with van der Waals surface area (Å²) >= 11 is 0. The summed E-state index contributed by atoms with van der Waals surface area (Å²) < 4.78 is 3.14. The molecule has 0 aliphatic heterocycles. The third kappa shape index (κ3) is 6.04. The lowest BCUT2D eigenvalue weighted by molar-refractivity contribution is 0.0675. The van der Waals surface area contributed by atoms with Gasteiger partial charge in [0.1, 0.15) is 0 Å². The van der Waals surface area contributed by atoms with Gasteiger partial charge in [-0.05, 0) is 60.3 Å². The summed E-state index contributed by atoms with van der Waals surface area (Å²) in [6.07, 6.45) is 6.81. The third-order valence-corrected chi connectivity index (χ3v) is 7.42. The summed E-state index contributed by atoms with van der Waals surface area (Å²) in [4.78, 5) is 37.7. The monoisotopic (exact) mass is 504 g/mol. The highest BCUT2D eigenvalue weighted by molar-refractivity contribution is 5.96. The second-order valence-corrected chi connectivity index (χ2v) is 10.6. The molecule has 0 bridgehead atoms. The molecule has 1 fully saturated rings.